The molecule has 0 aliphatic carbocycles. The fourth-order valence-corrected chi connectivity index (χ4v) is 3.64. The van der Waals surface area contributed by atoms with Crippen molar-refractivity contribution in [3.63, 3.8) is 0 Å². The first-order valence-corrected chi connectivity index (χ1v) is 10.5. The molecule has 0 bridgehead atoms. The van der Waals surface area contributed by atoms with Gasteiger partial charge in [0.15, 0.2) is 0 Å². The van der Waals surface area contributed by atoms with Crippen LogP contribution in [0.15, 0.2) is 72.9 Å². The van der Waals surface area contributed by atoms with Gasteiger partial charge in [0.1, 0.15) is 5.69 Å². The summed E-state index contributed by atoms with van der Waals surface area (Å²) in [6.07, 6.45) is 1.80. The maximum absolute atomic E-state index is 13.1. The van der Waals surface area contributed by atoms with Gasteiger partial charge in [-0.15, -0.1) is 0 Å². The molecule has 0 saturated heterocycles. The molecule has 0 radical (unpaired) electrons. The number of aryl methyl sites for hydroxylation is 2. The molecule has 1 amide bonds. The molecule has 1 unspecified atom stereocenters. The Kier molecular flexibility index (Phi) is 5.98. The number of carbonyl (C=O) groups is 1. The van der Waals surface area contributed by atoms with Gasteiger partial charge in [0.2, 0.25) is 0 Å². The summed E-state index contributed by atoms with van der Waals surface area (Å²) >= 11 is 0. The van der Waals surface area contributed by atoms with Gasteiger partial charge in [-0.05, 0) is 38.0 Å². The maximum atomic E-state index is 13.1. The number of nitrogens with one attached hydrogen (secondary N) is 1. The van der Waals surface area contributed by atoms with Crippen molar-refractivity contribution < 1.29 is 4.79 Å². The van der Waals surface area contributed by atoms with Gasteiger partial charge in [0.05, 0.1) is 16.9 Å². The number of nitrogens with zero attached hydrogens (tertiary/aromatic N) is 4. The molecule has 0 fully saturated rings. The lowest BCUT2D eigenvalue weighted by Crippen LogP contribution is -2.30. The Hall–Kier alpha value is -3.67. The van der Waals surface area contributed by atoms with E-state index in [1.165, 1.54) is 0 Å². The first-order chi connectivity index (χ1) is 15.0. The van der Waals surface area contributed by atoms with Crippen LogP contribution in [0.1, 0.15) is 28.7 Å². The van der Waals surface area contributed by atoms with Crippen molar-refractivity contribution in [3.8, 4) is 16.9 Å². The third kappa shape index (κ3) is 4.74. The van der Waals surface area contributed by atoms with Crippen LogP contribution >= 0.6 is 0 Å². The minimum atomic E-state index is -0.124. The van der Waals surface area contributed by atoms with Gasteiger partial charge in [-0.25, -0.2) is 4.68 Å². The molecule has 31 heavy (non-hydrogen) atoms. The summed E-state index contributed by atoms with van der Waals surface area (Å²) in [5.41, 5.74) is 5.21. The Bertz CT molecular complexity index is 1160. The number of para-hydroxylation sites is 1. The summed E-state index contributed by atoms with van der Waals surface area (Å²) in [5.74, 6) is 0.118. The molecule has 6 heteroatoms. The predicted molar refractivity (Wildman–Crippen MR) is 122 cm³/mol. The molecule has 4 rings (SSSR count). The molecule has 0 saturated carbocycles. The Labute approximate surface area is 182 Å². The molecule has 1 N–H and O–H groups in total. The van der Waals surface area contributed by atoms with Crippen LogP contribution in [-0.4, -0.2) is 32.0 Å². The highest BCUT2D eigenvalue weighted by Crippen LogP contribution is 2.23. The van der Waals surface area contributed by atoms with Gasteiger partial charge >= 0.3 is 0 Å². The molecule has 4 aromatic rings. The SMILES string of the molecule is Cc1cc(C)n(CC(C)CNC(=O)c2cn(-c3ccccc3)nc2-c2ccccc2)n1. The van der Waals surface area contributed by atoms with Crippen LogP contribution < -0.4 is 5.32 Å². The van der Waals surface area contributed by atoms with Crippen molar-refractivity contribution in [2.45, 2.75) is 27.3 Å². The highest BCUT2D eigenvalue weighted by atomic mass is 16.1. The number of carbonyl (C=O) groups excluding carboxylic acids is 1. The van der Waals surface area contributed by atoms with Crippen LogP contribution in [0.25, 0.3) is 16.9 Å². The summed E-state index contributed by atoms with van der Waals surface area (Å²) in [5, 5.41) is 12.3. The van der Waals surface area contributed by atoms with Crippen molar-refractivity contribution in [3.05, 3.63) is 89.9 Å². The van der Waals surface area contributed by atoms with Crippen molar-refractivity contribution in [2.24, 2.45) is 5.92 Å². The number of hydrogen-bond donors (Lipinski definition) is 1. The van der Waals surface area contributed by atoms with Crippen molar-refractivity contribution in [1.29, 1.82) is 0 Å². The molecule has 2 aromatic carbocycles. The zero-order valence-electron chi connectivity index (χ0n) is 18.1. The van der Waals surface area contributed by atoms with Crippen molar-refractivity contribution >= 4 is 5.91 Å². The second-order valence-electron chi connectivity index (χ2n) is 7.96. The van der Waals surface area contributed by atoms with Gasteiger partial charge in [-0.2, -0.15) is 10.2 Å². The second kappa shape index (κ2) is 9.00. The van der Waals surface area contributed by atoms with E-state index in [9.17, 15) is 4.79 Å². The molecular weight excluding hydrogens is 386 g/mol. The average molecular weight is 414 g/mol. The second-order valence-corrected chi connectivity index (χ2v) is 7.96. The van der Waals surface area contributed by atoms with E-state index in [-0.39, 0.29) is 11.8 Å². The quantitative estimate of drug-likeness (QED) is 0.488. The van der Waals surface area contributed by atoms with E-state index in [1.54, 1.807) is 10.9 Å². The first-order valence-electron chi connectivity index (χ1n) is 10.5. The van der Waals surface area contributed by atoms with E-state index in [4.69, 9.17) is 5.10 Å². The summed E-state index contributed by atoms with van der Waals surface area (Å²) < 4.78 is 3.76. The van der Waals surface area contributed by atoms with Gasteiger partial charge < -0.3 is 5.32 Å². The van der Waals surface area contributed by atoms with E-state index in [0.29, 0.717) is 17.8 Å². The summed E-state index contributed by atoms with van der Waals surface area (Å²) in [6.45, 7) is 7.47. The number of amides is 1. The normalized spacial score (nSPS) is 12.0. The molecule has 158 valence electrons. The van der Waals surface area contributed by atoms with Crippen molar-refractivity contribution in [2.75, 3.05) is 6.54 Å². The molecule has 1 atom stereocenters. The van der Waals surface area contributed by atoms with E-state index >= 15 is 0 Å². The summed E-state index contributed by atoms with van der Waals surface area (Å²) in [4.78, 5) is 13.1. The molecular formula is C25H27N5O. The monoisotopic (exact) mass is 413 g/mol. The Morgan fingerprint density at radius 2 is 1.68 bits per heavy atom. The number of hydrogen-bond acceptors (Lipinski definition) is 3. The smallest absolute Gasteiger partial charge is 0.255 e. The zero-order valence-corrected chi connectivity index (χ0v) is 18.1. The molecule has 0 aliphatic heterocycles. The third-order valence-electron chi connectivity index (χ3n) is 5.23. The number of rotatable bonds is 7. The van der Waals surface area contributed by atoms with Crippen LogP contribution in [0, 0.1) is 19.8 Å². The highest BCUT2D eigenvalue weighted by molar-refractivity contribution is 5.99. The zero-order chi connectivity index (χ0) is 21.8. The van der Waals surface area contributed by atoms with E-state index < -0.39 is 0 Å². The lowest BCUT2D eigenvalue weighted by molar-refractivity contribution is 0.0947. The minimum Gasteiger partial charge on any atom is -0.352 e. The molecule has 0 aliphatic rings. The largest absolute Gasteiger partial charge is 0.352 e. The van der Waals surface area contributed by atoms with Crippen LogP contribution in [0.4, 0.5) is 0 Å². The summed E-state index contributed by atoms with van der Waals surface area (Å²) in [6, 6.07) is 21.7. The van der Waals surface area contributed by atoms with Gasteiger partial charge in [-0.3, -0.25) is 9.48 Å². The van der Waals surface area contributed by atoms with Crippen LogP contribution in [0.5, 0.6) is 0 Å². The van der Waals surface area contributed by atoms with E-state index in [1.807, 2.05) is 72.3 Å². The topological polar surface area (TPSA) is 64.7 Å². The van der Waals surface area contributed by atoms with Gasteiger partial charge in [-0.1, -0.05) is 55.5 Å². The Morgan fingerprint density at radius 1 is 1.00 bits per heavy atom. The average Bonchev–Trinajstić information content (AvgIpc) is 3.36. The lowest BCUT2D eigenvalue weighted by atomic mass is 10.1. The minimum absolute atomic E-state index is 0.124. The van der Waals surface area contributed by atoms with Crippen LogP contribution in [0.2, 0.25) is 0 Å². The number of benzene rings is 2. The number of aromatic nitrogens is 4. The van der Waals surface area contributed by atoms with Crippen molar-refractivity contribution in [1.82, 2.24) is 24.9 Å². The van der Waals surface area contributed by atoms with E-state index in [2.05, 4.69) is 30.3 Å². The Balaban J connectivity index is 1.54. The van der Waals surface area contributed by atoms with Crippen LogP contribution in [0.3, 0.4) is 0 Å². The maximum Gasteiger partial charge on any atom is 0.255 e. The van der Waals surface area contributed by atoms with Crippen LogP contribution in [-0.2, 0) is 6.54 Å². The standard InChI is InChI=1S/C25H27N5O/c1-18(16-29-20(3)14-19(2)27-29)15-26-25(31)23-17-30(22-12-8-5-9-13-22)28-24(23)21-10-6-4-7-11-21/h4-14,17-18H,15-16H2,1-3H3,(H,26,31). The fourth-order valence-electron chi connectivity index (χ4n) is 3.64. The lowest BCUT2D eigenvalue weighted by Gasteiger charge is -2.14. The first kappa shape index (κ1) is 20.6. The molecule has 2 aromatic heterocycles. The molecule has 6 nitrogen and oxygen atoms in total. The molecule has 2 heterocycles. The van der Waals surface area contributed by atoms with Gasteiger partial charge in [0, 0.05) is 30.5 Å². The fraction of sp³-hybridized carbons (Fsp3) is 0.240. The molecule has 0 spiro atoms. The van der Waals surface area contributed by atoms with Gasteiger partial charge in [0.25, 0.3) is 5.91 Å². The summed E-state index contributed by atoms with van der Waals surface area (Å²) in [7, 11) is 0. The van der Waals surface area contributed by atoms with E-state index in [0.717, 1.165) is 29.2 Å². The Morgan fingerprint density at radius 3 is 2.32 bits per heavy atom. The predicted octanol–water partition coefficient (Wildman–Crippen LogP) is 4.42. The third-order valence-corrected chi connectivity index (χ3v) is 5.23. The highest BCUT2D eigenvalue weighted by Gasteiger charge is 2.19.